The summed E-state index contributed by atoms with van der Waals surface area (Å²) in [6.45, 7) is 8.75. The number of hydrogen-bond donors (Lipinski definition) is 0. The number of benzene rings is 1. The van der Waals surface area contributed by atoms with Crippen molar-refractivity contribution < 1.29 is 14.3 Å². The molecule has 130 valence electrons. The van der Waals surface area contributed by atoms with E-state index in [1.165, 1.54) is 0 Å². The van der Waals surface area contributed by atoms with Gasteiger partial charge in [-0.25, -0.2) is 9.25 Å². The molecular formula is C16H21IN3O3P. The Labute approximate surface area is 156 Å². The summed E-state index contributed by atoms with van der Waals surface area (Å²) in [5.74, 6) is 0.854. The van der Waals surface area contributed by atoms with Crippen LogP contribution in [-0.2, 0) is 4.74 Å². The number of halogens is 1. The van der Waals surface area contributed by atoms with E-state index in [2.05, 4.69) is 33.2 Å². The molecule has 8 heteroatoms. The average Bonchev–Trinajstić information content (AvgIpc) is 2.81. The standard InChI is InChI=1S/C16H21IN3O3P/c1-10-5-11-7-18-20(24-17)13(11)6-14(10)22-12-8-19(9-12)15(21)23-16(2,3)4/h5-7,12,24H,8-9H2,1-4H3. The Morgan fingerprint density at radius 3 is 2.71 bits per heavy atom. The largest absolute Gasteiger partial charge is 0.486 e. The number of nitrogens with zero attached hydrogens (tertiary/aromatic N) is 3. The molecule has 1 atom stereocenters. The van der Waals surface area contributed by atoms with Crippen molar-refractivity contribution in [3.05, 3.63) is 23.9 Å². The summed E-state index contributed by atoms with van der Waals surface area (Å²) >= 11 is 2.31. The highest BCUT2D eigenvalue weighted by atomic mass is 127. The second-order valence-electron chi connectivity index (χ2n) is 6.94. The minimum absolute atomic E-state index is 0.00657. The molecule has 1 aromatic carbocycles. The van der Waals surface area contributed by atoms with Crippen LogP contribution in [0.4, 0.5) is 4.79 Å². The van der Waals surface area contributed by atoms with E-state index in [4.69, 9.17) is 9.47 Å². The van der Waals surface area contributed by atoms with Crippen molar-refractivity contribution in [3.63, 3.8) is 0 Å². The number of aryl methyl sites for hydroxylation is 1. The van der Waals surface area contributed by atoms with Crippen molar-refractivity contribution in [3.8, 4) is 5.75 Å². The fourth-order valence-electron chi connectivity index (χ4n) is 2.53. The Bertz CT molecular complexity index is 766. The maximum Gasteiger partial charge on any atom is 0.410 e. The highest BCUT2D eigenvalue weighted by molar-refractivity contribution is 14.2. The third kappa shape index (κ3) is 3.77. The molecular weight excluding hydrogens is 440 g/mol. The highest BCUT2D eigenvalue weighted by Crippen LogP contribution is 2.33. The maximum absolute atomic E-state index is 12.0. The van der Waals surface area contributed by atoms with Crippen molar-refractivity contribution in [2.45, 2.75) is 39.4 Å². The van der Waals surface area contributed by atoms with Gasteiger partial charge in [-0.05, 0) is 61.4 Å². The Morgan fingerprint density at radius 2 is 2.08 bits per heavy atom. The number of aromatic nitrogens is 2. The van der Waals surface area contributed by atoms with Gasteiger partial charge in [0.05, 0.1) is 31.2 Å². The van der Waals surface area contributed by atoms with Gasteiger partial charge in [-0.2, -0.15) is 5.10 Å². The van der Waals surface area contributed by atoms with E-state index < -0.39 is 5.60 Å². The zero-order chi connectivity index (χ0) is 17.5. The number of carbonyl (C=O) groups is 1. The van der Waals surface area contributed by atoms with Crippen LogP contribution in [0.1, 0.15) is 26.3 Å². The molecule has 1 amide bonds. The fraction of sp³-hybridized carbons (Fsp3) is 0.500. The number of amides is 1. The van der Waals surface area contributed by atoms with Crippen LogP contribution in [0.2, 0.25) is 0 Å². The molecule has 0 saturated carbocycles. The zero-order valence-electron chi connectivity index (χ0n) is 14.2. The predicted molar refractivity (Wildman–Crippen MR) is 104 cm³/mol. The molecule has 1 unspecified atom stereocenters. The van der Waals surface area contributed by atoms with Gasteiger partial charge in [0.25, 0.3) is 0 Å². The summed E-state index contributed by atoms with van der Waals surface area (Å²) in [5.41, 5.74) is 1.68. The normalized spacial score (nSPS) is 16.0. The van der Waals surface area contributed by atoms with E-state index in [1.54, 1.807) is 4.90 Å². The van der Waals surface area contributed by atoms with Crippen molar-refractivity contribution in [2.24, 2.45) is 0 Å². The first-order chi connectivity index (χ1) is 11.3. The van der Waals surface area contributed by atoms with Crippen molar-refractivity contribution in [2.75, 3.05) is 13.1 Å². The van der Waals surface area contributed by atoms with Crippen LogP contribution in [0.5, 0.6) is 5.75 Å². The molecule has 1 aliphatic heterocycles. The molecule has 1 aliphatic rings. The summed E-state index contributed by atoms with van der Waals surface area (Å²) in [4.78, 5) is 13.6. The number of fused-ring (bicyclic) bond motifs is 1. The van der Waals surface area contributed by atoms with E-state index in [9.17, 15) is 4.79 Å². The van der Waals surface area contributed by atoms with Crippen molar-refractivity contribution >= 4 is 45.4 Å². The molecule has 0 radical (unpaired) electrons. The van der Waals surface area contributed by atoms with E-state index in [1.807, 2.05) is 44.4 Å². The summed E-state index contributed by atoms with van der Waals surface area (Å²) < 4.78 is 13.4. The summed E-state index contributed by atoms with van der Waals surface area (Å²) in [6.07, 6.45) is 2.16. The molecule has 24 heavy (non-hydrogen) atoms. The van der Waals surface area contributed by atoms with Gasteiger partial charge in [0.15, 0.2) is 0 Å². The van der Waals surface area contributed by atoms with Crippen LogP contribution in [0, 0.1) is 6.92 Å². The molecule has 6 nitrogen and oxygen atoms in total. The fourth-order valence-corrected chi connectivity index (χ4v) is 4.07. The van der Waals surface area contributed by atoms with Gasteiger partial charge < -0.3 is 14.4 Å². The van der Waals surface area contributed by atoms with Crippen LogP contribution in [0.25, 0.3) is 10.9 Å². The van der Waals surface area contributed by atoms with Crippen molar-refractivity contribution in [1.29, 1.82) is 0 Å². The predicted octanol–water partition coefficient (Wildman–Crippen LogP) is 4.13. The molecule has 1 aromatic heterocycles. The number of carbonyl (C=O) groups excluding carboxylic acids is 1. The van der Waals surface area contributed by atoms with Crippen LogP contribution < -0.4 is 4.74 Å². The SMILES string of the molecule is Cc1cc2cnn(PI)c2cc1OC1CN(C(=O)OC(C)(C)C)C1. The smallest absolute Gasteiger partial charge is 0.410 e. The van der Waals surface area contributed by atoms with Gasteiger partial charge in [0, 0.05) is 11.5 Å². The number of hydrogen-bond acceptors (Lipinski definition) is 4. The Hall–Kier alpha value is -1.08. The summed E-state index contributed by atoms with van der Waals surface area (Å²) in [5, 5.41) is 5.49. The van der Waals surface area contributed by atoms with Crippen LogP contribution >= 0.6 is 28.4 Å². The van der Waals surface area contributed by atoms with Gasteiger partial charge >= 0.3 is 6.09 Å². The first-order valence-corrected chi connectivity index (χ1v) is 11.8. The number of ether oxygens (including phenoxy) is 2. The lowest BCUT2D eigenvalue weighted by Crippen LogP contribution is -2.57. The number of likely N-dealkylation sites (tertiary alicyclic amines) is 1. The molecule has 1 saturated heterocycles. The lowest BCUT2D eigenvalue weighted by molar-refractivity contribution is -0.0222. The van der Waals surface area contributed by atoms with Gasteiger partial charge in [-0.3, -0.25) is 0 Å². The van der Waals surface area contributed by atoms with E-state index in [0.717, 1.165) is 22.2 Å². The maximum atomic E-state index is 12.0. The van der Waals surface area contributed by atoms with Gasteiger partial charge in [-0.1, -0.05) is 0 Å². The van der Waals surface area contributed by atoms with E-state index >= 15 is 0 Å². The second kappa shape index (κ2) is 6.67. The van der Waals surface area contributed by atoms with Gasteiger partial charge in [-0.15, -0.1) is 0 Å². The Balaban J connectivity index is 1.65. The zero-order valence-corrected chi connectivity index (χ0v) is 17.3. The van der Waals surface area contributed by atoms with E-state index in [0.29, 0.717) is 19.5 Å². The lowest BCUT2D eigenvalue weighted by Gasteiger charge is -2.39. The molecule has 2 heterocycles. The third-order valence-electron chi connectivity index (χ3n) is 3.74. The summed E-state index contributed by atoms with van der Waals surface area (Å²) in [7, 11) is 0. The van der Waals surface area contributed by atoms with Gasteiger partial charge in [0.1, 0.15) is 17.5 Å². The average molecular weight is 461 g/mol. The third-order valence-corrected chi connectivity index (χ3v) is 5.63. The van der Waals surface area contributed by atoms with Crippen LogP contribution in [-0.4, -0.2) is 45.3 Å². The monoisotopic (exact) mass is 461 g/mol. The minimum atomic E-state index is -0.469. The second-order valence-corrected chi connectivity index (χ2v) is 8.98. The molecule has 0 aliphatic carbocycles. The first kappa shape index (κ1) is 17.7. The molecule has 0 bridgehead atoms. The Morgan fingerprint density at radius 1 is 1.38 bits per heavy atom. The topological polar surface area (TPSA) is 56.6 Å². The van der Waals surface area contributed by atoms with Crippen LogP contribution in [0.15, 0.2) is 18.3 Å². The lowest BCUT2D eigenvalue weighted by atomic mass is 10.1. The molecule has 1 fully saturated rings. The summed E-state index contributed by atoms with van der Waals surface area (Å²) in [6, 6.07) is 4.13. The van der Waals surface area contributed by atoms with Crippen molar-refractivity contribution in [1.82, 2.24) is 14.5 Å². The van der Waals surface area contributed by atoms with Gasteiger partial charge in [0.2, 0.25) is 0 Å². The molecule has 2 aromatic rings. The molecule has 0 N–H and O–H groups in total. The minimum Gasteiger partial charge on any atom is -0.486 e. The molecule has 3 rings (SSSR count). The highest BCUT2D eigenvalue weighted by Gasteiger charge is 2.35. The molecule has 0 spiro atoms. The van der Waals surface area contributed by atoms with Crippen LogP contribution in [0.3, 0.4) is 0 Å². The number of rotatable bonds is 3. The first-order valence-electron chi connectivity index (χ1n) is 7.76. The quantitative estimate of drug-likeness (QED) is 0.510. The Kier molecular flexibility index (Phi) is 4.93. The van der Waals surface area contributed by atoms with E-state index in [-0.39, 0.29) is 12.2 Å².